The van der Waals surface area contributed by atoms with E-state index < -0.39 is 24.3 Å². The summed E-state index contributed by atoms with van der Waals surface area (Å²) >= 11 is 1.14. The van der Waals surface area contributed by atoms with Crippen molar-refractivity contribution in [3.8, 4) is 0 Å². The summed E-state index contributed by atoms with van der Waals surface area (Å²) in [4.78, 5) is 23.7. The maximum absolute atomic E-state index is 12.3. The predicted octanol–water partition coefficient (Wildman–Crippen LogP) is 3.49. The molecule has 0 spiro atoms. The molecule has 2 aliphatic rings. The fraction of sp³-hybridized carbons (Fsp3) is 0.636. The van der Waals surface area contributed by atoms with Crippen molar-refractivity contribution in [2.24, 2.45) is 5.92 Å². The van der Waals surface area contributed by atoms with Crippen molar-refractivity contribution in [3.63, 3.8) is 0 Å². The lowest BCUT2D eigenvalue weighted by Crippen LogP contribution is -2.41. The minimum absolute atomic E-state index is 0.154. The molecule has 0 aromatic rings. The fourth-order valence-electron chi connectivity index (χ4n) is 3.42. The number of aliphatic hydroxyl groups is 2. The van der Waals surface area contributed by atoms with Crippen LogP contribution >= 0.6 is 11.8 Å². The van der Waals surface area contributed by atoms with Crippen molar-refractivity contribution in [3.05, 3.63) is 36.0 Å². The van der Waals surface area contributed by atoms with Gasteiger partial charge < -0.3 is 20.3 Å². The maximum Gasteiger partial charge on any atom is 0.330 e. The summed E-state index contributed by atoms with van der Waals surface area (Å²) in [7, 11) is 0. The fourth-order valence-corrected chi connectivity index (χ4v) is 4.29. The largest absolute Gasteiger partial charge is 0.459 e. The molecule has 2 rings (SSSR count). The Bertz CT molecular complexity index is 645. The third-order valence-electron chi connectivity index (χ3n) is 5.20. The van der Waals surface area contributed by atoms with E-state index in [1.165, 1.54) is 6.08 Å². The summed E-state index contributed by atoms with van der Waals surface area (Å²) in [6.07, 6.45) is 11.1. The maximum atomic E-state index is 12.3. The SMILES string of the molecule is C/C1=C/C(=O)O[C@@H](C[C@H](O)[C@@H]2CSC(=O)N2)C[C@H](O)CC[C@H](C)/C=C\C=C\CC1. The quantitative estimate of drug-likeness (QED) is 0.602. The lowest BCUT2D eigenvalue weighted by atomic mass is 9.96. The summed E-state index contributed by atoms with van der Waals surface area (Å²) in [6.45, 7) is 3.99. The van der Waals surface area contributed by atoms with Crippen LogP contribution in [0, 0.1) is 5.92 Å². The second-order valence-electron chi connectivity index (χ2n) is 8.00. The van der Waals surface area contributed by atoms with Crippen molar-refractivity contribution in [1.82, 2.24) is 5.32 Å². The smallest absolute Gasteiger partial charge is 0.330 e. The number of thioether (sulfide) groups is 1. The van der Waals surface area contributed by atoms with Crippen LogP contribution in [0.3, 0.4) is 0 Å². The van der Waals surface area contributed by atoms with E-state index in [2.05, 4.69) is 24.4 Å². The molecular formula is C22H33NO5S. The number of cyclic esters (lactones) is 1. The Morgan fingerprint density at radius 2 is 2.10 bits per heavy atom. The Hall–Kier alpha value is -1.57. The van der Waals surface area contributed by atoms with Crippen molar-refractivity contribution in [2.75, 3.05) is 5.75 Å². The minimum atomic E-state index is -0.832. The number of aliphatic hydroxyl groups excluding tert-OH is 2. The van der Waals surface area contributed by atoms with E-state index in [0.717, 1.165) is 36.6 Å². The number of allylic oxidation sites excluding steroid dienone is 5. The van der Waals surface area contributed by atoms with Crippen LogP contribution in [-0.2, 0) is 9.53 Å². The van der Waals surface area contributed by atoms with Crippen LogP contribution in [0.5, 0.6) is 0 Å². The van der Waals surface area contributed by atoms with Crippen LogP contribution in [0.15, 0.2) is 36.0 Å². The van der Waals surface area contributed by atoms with Gasteiger partial charge in [0.1, 0.15) is 6.10 Å². The van der Waals surface area contributed by atoms with Gasteiger partial charge in [0, 0.05) is 24.7 Å². The van der Waals surface area contributed by atoms with Gasteiger partial charge in [-0.1, -0.05) is 48.6 Å². The molecule has 6 nitrogen and oxygen atoms in total. The van der Waals surface area contributed by atoms with E-state index >= 15 is 0 Å². The van der Waals surface area contributed by atoms with Gasteiger partial charge in [0.25, 0.3) is 5.24 Å². The number of hydrogen-bond donors (Lipinski definition) is 3. The van der Waals surface area contributed by atoms with Crippen LogP contribution in [0.2, 0.25) is 0 Å². The molecule has 0 unspecified atom stereocenters. The zero-order valence-corrected chi connectivity index (χ0v) is 18.1. The van der Waals surface area contributed by atoms with E-state index in [1.807, 2.05) is 19.1 Å². The third kappa shape index (κ3) is 9.19. The molecule has 1 saturated heterocycles. The number of amides is 1. The second kappa shape index (κ2) is 12.2. The van der Waals surface area contributed by atoms with Gasteiger partial charge in [0.05, 0.1) is 18.2 Å². The standard InChI is InChI=1S/C22H33NO5S/c1-15-7-5-3-4-6-8-16(2)11-21(26)28-18(12-17(24)10-9-15)13-20(25)19-14-29-22(27)23-19/h3-5,7,11,15,17-20,24-25H,6,8-10,12-14H2,1-2H3,(H,23,27)/b4-3+,7-5-,16-11-/t15-,17-,18-,19+,20+/m1/s1. The van der Waals surface area contributed by atoms with Crippen molar-refractivity contribution < 1.29 is 24.5 Å². The number of esters is 1. The summed E-state index contributed by atoms with van der Waals surface area (Å²) in [5.41, 5.74) is 0.920. The van der Waals surface area contributed by atoms with Crippen molar-refractivity contribution in [1.29, 1.82) is 0 Å². The first-order valence-electron chi connectivity index (χ1n) is 10.3. The van der Waals surface area contributed by atoms with E-state index in [9.17, 15) is 19.8 Å². The van der Waals surface area contributed by atoms with Gasteiger partial charge in [-0.05, 0) is 38.5 Å². The van der Waals surface area contributed by atoms with E-state index in [4.69, 9.17) is 4.74 Å². The third-order valence-corrected chi connectivity index (χ3v) is 6.10. The Morgan fingerprint density at radius 1 is 1.31 bits per heavy atom. The summed E-state index contributed by atoms with van der Waals surface area (Å²) in [6, 6.07) is -0.363. The number of carbonyl (C=O) groups excluding carboxylic acids is 2. The van der Waals surface area contributed by atoms with Gasteiger partial charge in [-0.2, -0.15) is 0 Å². The summed E-state index contributed by atoms with van der Waals surface area (Å²) in [5.74, 6) is 0.363. The summed E-state index contributed by atoms with van der Waals surface area (Å²) in [5, 5.41) is 23.5. The Labute approximate surface area is 177 Å². The first-order valence-corrected chi connectivity index (χ1v) is 11.3. The molecule has 5 atom stereocenters. The van der Waals surface area contributed by atoms with Crippen LogP contribution in [0.1, 0.15) is 52.4 Å². The average Bonchev–Trinajstić information content (AvgIpc) is 3.08. The molecule has 0 aromatic heterocycles. The molecular weight excluding hydrogens is 390 g/mol. The molecule has 0 aliphatic carbocycles. The first kappa shape index (κ1) is 23.7. The molecule has 1 amide bonds. The van der Waals surface area contributed by atoms with Gasteiger partial charge in [0.2, 0.25) is 0 Å². The highest BCUT2D eigenvalue weighted by atomic mass is 32.2. The zero-order valence-electron chi connectivity index (χ0n) is 17.3. The molecule has 0 saturated carbocycles. The van der Waals surface area contributed by atoms with Crippen LogP contribution in [0.25, 0.3) is 0 Å². The van der Waals surface area contributed by atoms with Gasteiger partial charge in [-0.15, -0.1) is 0 Å². The highest BCUT2D eigenvalue weighted by molar-refractivity contribution is 8.13. The normalized spacial score (nSPS) is 35.1. The molecule has 2 heterocycles. The highest BCUT2D eigenvalue weighted by Gasteiger charge is 2.31. The van der Waals surface area contributed by atoms with Gasteiger partial charge in [-0.3, -0.25) is 4.79 Å². The molecule has 0 bridgehead atoms. The first-order chi connectivity index (χ1) is 13.8. The number of rotatable bonds is 3. The Kier molecular flexibility index (Phi) is 9.97. The van der Waals surface area contributed by atoms with Gasteiger partial charge in [0.15, 0.2) is 0 Å². The lowest BCUT2D eigenvalue weighted by molar-refractivity contribution is -0.146. The number of ether oxygens (including phenoxy) is 1. The van der Waals surface area contributed by atoms with Crippen LogP contribution < -0.4 is 5.32 Å². The minimum Gasteiger partial charge on any atom is -0.459 e. The van der Waals surface area contributed by atoms with Crippen LogP contribution in [0.4, 0.5) is 4.79 Å². The van der Waals surface area contributed by atoms with E-state index in [1.54, 1.807) is 0 Å². The number of hydrogen-bond acceptors (Lipinski definition) is 6. The molecule has 7 heteroatoms. The molecule has 0 radical (unpaired) electrons. The number of carbonyl (C=O) groups is 2. The molecule has 1 fully saturated rings. The molecule has 2 aliphatic heterocycles. The monoisotopic (exact) mass is 423 g/mol. The van der Waals surface area contributed by atoms with E-state index in [-0.39, 0.29) is 24.1 Å². The Balaban J connectivity index is 2.06. The second-order valence-corrected chi connectivity index (χ2v) is 8.99. The molecule has 29 heavy (non-hydrogen) atoms. The summed E-state index contributed by atoms with van der Waals surface area (Å²) < 4.78 is 5.59. The highest BCUT2D eigenvalue weighted by Crippen LogP contribution is 2.22. The Morgan fingerprint density at radius 3 is 2.83 bits per heavy atom. The van der Waals surface area contributed by atoms with Crippen molar-refractivity contribution in [2.45, 2.75) is 76.7 Å². The topological polar surface area (TPSA) is 95.9 Å². The van der Waals surface area contributed by atoms with Crippen LogP contribution in [-0.4, -0.2) is 51.5 Å². The molecule has 162 valence electrons. The lowest BCUT2D eigenvalue weighted by Gasteiger charge is -2.25. The van der Waals surface area contributed by atoms with Gasteiger partial charge in [-0.25, -0.2) is 4.79 Å². The van der Waals surface area contributed by atoms with E-state index in [0.29, 0.717) is 18.1 Å². The number of nitrogens with one attached hydrogen (secondary N) is 1. The zero-order chi connectivity index (χ0) is 21.2. The van der Waals surface area contributed by atoms with Gasteiger partial charge >= 0.3 is 5.97 Å². The average molecular weight is 424 g/mol. The predicted molar refractivity (Wildman–Crippen MR) is 116 cm³/mol. The molecule has 0 aromatic carbocycles. The molecule has 3 N–H and O–H groups in total. The van der Waals surface area contributed by atoms with Crippen molar-refractivity contribution >= 4 is 23.0 Å².